The van der Waals surface area contributed by atoms with E-state index in [9.17, 15) is 24.0 Å². The highest BCUT2D eigenvalue weighted by Gasteiger charge is 2.30. The molecule has 3 aromatic carbocycles. The third-order valence-electron chi connectivity index (χ3n) is 8.92. The van der Waals surface area contributed by atoms with E-state index in [1.165, 1.54) is 7.11 Å². The van der Waals surface area contributed by atoms with Crippen LogP contribution < -0.4 is 21.6 Å². The molecule has 1 saturated carbocycles. The number of hydrogen-bond acceptors (Lipinski definition) is 7. The minimum absolute atomic E-state index is 0.188. The Morgan fingerprint density at radius 2 is 1.60 bits per heavy atom. The Balaban J connectivity index is 1.26. The Morgan fingerprint density at radius 1 is 0.900 bits per heavy atom. The number of aromatic nitrogens is 2. The third-order valence-corrected chi connectivity index (χ3v) is 8.92. The van der Waals surface area contributed by atoms with Crippen LogP contribution in [0.2, 0.25) is 0 Å². The summed E-state index contributed by atoms with van der Waals surface area (Å²) in [5.74, 6) is -0.996. The fraction of sp³-hybridized carbons (Fsp3) is 0.395. The van der Waals surface area contributed by atoms with Gasteiger partial charge in [-0.2, -0.15) is 0 Å². The molecule has 1 atom stereocenters. The van der Waals surface area contributed by atoms with E-state index in [1.807, 2.05) is 58.0 Å². The maximum atomic E-state index is 13.7. The molecule has 0 aliphatic heterocycles. The van der Waals surface area contributed by atoms with Crippen molar-refractivity contribution in [3.63, 3.8) is 0 Å². The van der Waals surface area contributed by atoms with E-state index in [0.29, 0.717) is 41.7 Å². The molecule has 0 radical (unpaired) electrons. The maximum absolute atomic E-state index is 13.7. The molecule has 5 N–H and O–H groups in total. The van der Waals surface area contributed by atoms with Gasteiger partial charge in [-0.15, -0.1) is 0 Å². The second-order valence-electron chi connectivity index (χ2n) is 13.9. The van der Waals surface area contributed by atoms with Crippen LogP contribution in [0.4, 0.5) is 10.5 Å². The minimum Gasteiger partial charge on any atom is -0.465 e. The fourth-order valence-corrected chi connectivity index (χ4v) is 6.30. The number of fused-ring (bicyclic) bond motifs is 1. The number of aromatic amines is 2. The number of carbonyl (C=O) groups excluding carboxylic acids is 4. The molecule has 5 rings (SSSR count). The lowest BCUT2D eigenvalue weighted by atomic mass is 9.81. The zero-order valence-corrected chi connectivity index (χ0v) is 29.1. The molecule has 3 amide bonds. The quantitative estimate of drug-likeness (QED) is 0.135. The van der Waals surface area contributed by atoms with Crippen LogP contribution in [0.1, 0.15) is 67.9 Å². The summed E-state index contributed by atoms with van der Waals surface area (Å²) in [6, 6.07) is 17.3. The highest BCUT2D eigenvalue weighted by molar-refractivity contribution is 5.99. The number of aryl methyl sites for hydroxylation is 1. The van der Waals surface area contributed by atoms with Gasteiger partial charge in [0.05, 0.1) is 23.7 Å². The van der Waals surface area contributed by atoms with Crippen LogP contribution in [0, 0.1) is 18.8 Å². The molecule has 1 fully saturated rings. The summed E-state index contributed by atoms with van der Waals surface area (Å²) in [7, 11) is 1.35. The molecular formula is C38H45N5O7. The number of nitrogens with one attached hydrogen (secondary N) is 5. The molecule has 0 bridgehead atoms. The molecule has 0 unspecified atom stereocenters. The number of ether oxygens (including phenoxy) is 2. The Hall–Kier alpha value is -5.39. The molecule has 1 aliphatic rings. The Labute approximate surface area is 290 Å². The van der Waals surface area contributed by atoms with Crippen molar-refractivity contribution >= 4 is 40.6 Å². The zero-order chi connectivity index (χ0) is 36.0. The molecule has 50 heavy (non-hydrogen) atoms. The molecule has 0 spiro atoms. The van der Waals surface area contributed by atoms with Crippen LogP contribution in [0.25, 0.3) is 22.2 Å². The first-order valence-electron chi connectivity index (χ1n) is 16.9. The lowest BCUT2D eigenvalue weighted by Gasteiger charge is -2.29. The van der Waals surface area contributed by atoms with E-state index in [1.54, 1.807) is 30.3 Å². The largest absolute Gasteiger partial charge is 0.465 e. The van der Waals surface area contributed by atoms with Crippen molar-refractivity contribution in [2.75, 3.05) is 19.0 Å². The van der Waals surface area contributed by atoms with Crippen molar-refractivity contribution in [3.8, 4) is 11.1 Å². The van der Waals surface area contributed by atoms with Crippen molar-refractivity contribution in [1.29, 1.82) is 0 Å². The fourth-order valence-electron chi connectivity index (χ4n) is 6.30. The van der Waals surface area contributed by atoms with Crippen molar-refractivity contribution in [1.82, 2.24) is 20.6 Å². The van der Waals surface area contributed by atoms with Gasteiger partial charge in [-0.3, -0.25) is 9.59 Å². The Bertz CT molecular complexity index is 1910. The number of amides is 3. The van der Waals surface area contributed by atoms with Crippen molar-refractivity contribution < 1.29 is 28.7 Å². The maximum Gasteiger partial charge on any atom is 0.407 e. The Morgan fingerprint density at radius 3 is 2.26 bits per heavy atom. The van der Waals surface area contributed by atoms with E-state index >= 15 is 0 Å². The number of anilines is 1. The second-order valence-corrected chi connectivity index (χ2v) is 13.9. The number of H-pyrrole nitrogens is 2. The van der Waals surface area contributed by atoms with Crippen LogP contribution in [0.5, 0.6) is 0 Å². The number of alkyl carbamates (subject to hydrolysis) is 1. The summed E-state index contributed by atoms with van der Waals surface area (Å²) < 4.78 is 10.2. The lowest BCUT2D eigenvalue weighted by Crippen LogP contribution is -2.48. The molecule has 1 aromatic heterocycles. The molecule has 264 valence electrons. The molecule has 12 heteroatoms. The number of carbonyl (C=O) groups is 4. The molecule has 1 aliphatic carbocycles. The number of hydrogen-bond donors (Lipinski definition) is 5. The van der Waals surface area contributed by atoms with Gasteiger partial charge in [-0.1, -0.05) is 30.3 Å². The van der Waals surface area contributed by atoms with Gasteiger partial charge in [0.1, 0.15) is 11.6 Å². The predicted molar refractivity (Wildman–Crippen MR) is 191 cm³/mol. The van der Waals surface area contributed by atoms with Crippen molar-refractivity contribution in [2.45, 2.75) is 71.4 Å². The summed E-state index contributed by atoms with van der Waals surface area (Å²) in [5, 5.41) is 8.76. The van der Waals surface area contributed by atoms with Crippen LogP contribution in [-0.2, 0) is 25.5 Å². The number of imidazole rings is 1. The van der Waals surface area contributed by atoms with Crippen LogP contribution in [0.3, 0.4) is 0 Å². The summed E-state index contributed by atoms with van der Waals surface area (Å²) in [5.41, 5.74) is 4.88. The second kappa shape index (κ2) is 15.4. The molecule has 4 aromatic rings. The number of methoxy groups -OCH3 is 1. The van der Waals surface area contributed by atoms with Crippen molar-refractivity contribution in [2.24, 2.45) is 11.8 Å². The molecule has 12 nitrogen and oxygen atoms in total. The number of benzene rings is 3. The molecular weight excluding hydrogens is 638 g/mol. The van der Waals surface area contributed by atoms with Gasteiger partial charge in [-0.25, -0.2) is 14.4 Å². The number of rotatable bonds is 10. The minimum atomic E-state index is -0.873. The molecule has 0 saturated heterocycles. The van der Waals surface area contributed by atoms with Gasteiger partial charge in [0.25, 0.3) is 0 Å². The van der Waals surface area contributed by atoms with Gasteiger partial charge < -0.3 is 35.4 Å². The SMILES string of the molecule is COC(=O)c1ccc(-c2ccc(C[C@H](NC(=O)C3CCC(CNC(=O)OC(C)(C)C)CC3)C(=O)Nc3ccc4[nH]c(=O)[nH]c4c3)cc2)c(C)c1. The monoisotopic (exact) mass is 683 g/mol. The highest BCUT2D eigenvalue weighted by Crippen LogP contribution is 2.29. The van der Waals surface area contributed by atoms with Gasteiger partial charge >= 0.3 is 17.8 Å². The van der Waals surface area contributed by atoms with Gasteiger partial charge in [-0.05, 0) is 112 Å². The standard InChI is InChI=1S/C38H45N5O7/c1-22-18-27(35(46)49-5)14-16-29(22)25-10-6-23(7-11-25)19-32(34(45)40-28-15-17-30-31(20-28)43-36(47)42-30)41-33(44)26-12-8-24(9-13-26)21-39-37(48)50-38(2,3)4/h6-7,10-11,14-18,20,24,26,32H,8-9,12-13,19,21H2,1-5H3,(H,39,48)(H,40,45)(H,41,44)(H2,42,43,47)/t24?,26?,32-/m0/s1. The van der Waals surface area contributed by atoms with Gasteiger partial charge in [0, 0.05) is 24.6 Å². The first-order valence-corrected chi connectivity index (χ1v) is 16.9. The van der Waals surface area contributed by atoms with E-state index in [4.69, 9.17) is 9.47 Å². The van der Waals surface area contributed by atoms with E-state index in [-0.39, 0.29) is 35.8 Å². The zero-order valence-electron chi connectivity index (χ0n) is 29.1. The topological polar surface area (TPSA) is 171 Å². The average Bonchev–Trinajstić information content (AvgIpc) is 3.45. The van der Waals surface area contributed by atoms with Crippen molar-refractivity contribution in [3.05, 3.63) is 87.8 Å². The summed E-state index contributed by atoms with van der Waals surface area (Å²) in [6.45, 7) is 7.86. The van der Waals surface area contributed by atoms with E-state index < -0.39 is 23.7 Å². The van der Waals surface area contributed by atoms with Crippen LogP contribution >= 0.6 is 0 Å². The Kier molecular flexibility index (Phi) is 11.1. The lowest BCUT2D eigenvalue weighted by molar-refractivity contribution is -0.130. The summed E-state index contributed by atoms with van der Waals surface area (Å²) in [4.78, 5) is 68.5. The van der Waals surface area contributed by atoms with Gasteiger partial charge in [0.15, 0.2) is 0 Å². The summed E-state index contributed by atoms with van der Waals surface area (Å²) >= 11 is 0. The first kappa shape index (κ1) is 35.9. The normalized spacial score (nSPS) is 16.7. The third kappa shape index (κ3) is 9.40. The van der Waals surface area contributed by atoms with E-state index in [0.717, 1.165) is 35.1 Å². The highest BCUT2D eigenvalue weighted by atomic mass is 16.6. The molecule has 1 heterocycles. The first-order chi connectivity index (χ1) is 23.8. The smallest absolute Gasteiger partial charge is 0.407 e. The summed E-state index contributed by atoms with van der Waals surface area (Å²) in [6.07, 6.45) is 2.61. The predicted octanol–water partition coefficient (Wildman–Crippen LogP) is 5.62. The van der Waals surface area contributed by atoms with Gasteiger partial charge in [0.2, 0.25) is 11.8 Å². The van der Waals surface area contributed by atoms with Crippen LogP contribution in [-0.4, -0.2) is 59.1 Å². The van der Waals surface area contributed by atoms with Crippen LogP contribution in [0.15, 0.2) is 65.5 Å². The average molecular weight is 684 g/mol. The van der Waals surface area contributed by atoms with E-state index in [2.05, 4.69) is 25.9 Å². The number of esters is 1.